The monoisotopic (exact) mass is 483 g/mol. The van der Waals surface area contributed by atoms with Crippen molar-refractivity contribution in [1.29, 1.82) is 0 Å². The summed E-state index contributed by atoms with van der Waals surface area (Å²) in [5, 5.41) is 5.75. The highest BCUT2D eigenvalue weighted by atomic mass is 32.2. The largest absolute Gasteiger partial charge is 0.352 e. The molecule has 2 N–H and O–H groups in total. The zero-order valence-corrected chi connectivity index (χ0v) is 20.8. The van der Waals surface area contributed by atoms with E-state index in [0.29, 0.717) is 11.4 Å². The number of nitrogens with zero attached hydrogens (tertiary/aromatic N) is 1. The van der Waals surface area contributed by atoms with Gasteiger partial charge in [0, 0.05) is 28.2 Å². The Bertz CT molecular complexity index is 1050. The zero-order valence-electron chi connectivity index (χ0n) is 20.0. The third-order valence-electron chi connectivity index (χ3n) is 6.02. The SMILES string of the molecule is Cc1ccc(NC(=O)C[S@@](=O)CC(=O)N(c2ccccc2C)[C@@H](C)C(=O)NC2CCCC2)cc1. The third-order valence-corrected chi connectivity index (χ3v) is 7.18. The summed E-state index contributed by atoms with van der Waals surface area (Å²) in [5.41, 5.74) is 3.11. The summed E-state index contributed by atoms with van der Waals surface area (Å²) in [6, 6.07) is 13.9. The molecule has 0 bridgehead atoms. The Labute approximate surface area is 203 Å². The summed E-state index contributed by atoms with van der Waals surface area (Å²) in [5.74, 6) is -1.76. The first-order valence-corrected chi connectivity index (χ1v) is 13.1. The van der Waals surface area contributed by atoms with Crippen molar-refractivity contribution in [2.75, 3.05) is 21.7 Å². The molecule has 0 unspecified atom stereocenters. The van der Waals surface area contributed by atoms with Crippen LogP contribution in [0.3, 0.4) is 0 Å². The van der Waals surface area contributed by atoms with E-state index in [1.165, 1.54) is 4.90 Å². The predicted molar refractivity (Wildman–Crippen MR) is 136 cm³/mol. The number of hydrogen-bond acceptors (Lipinski definition) is 4. The van der Waals surface area contributed by atoms with E-state index < -0.39 is 28.7 Å². The molecule has 2 aromatic carbocycles. The molecule has 182 valence electrons. The van der Waals surface area contributed by atoms with Crippen LogP contribution in [-0.2, 0) is 25.2 Å². The number of rotatable bonds is 9. The number of carbonyl (C=O) groups excluding carboxylic acids is 3. The van der Waals surface area contributed by atoms with Crippen molar-refractivity contribution < 1.29 is 18.6 Å². The Hall–Kier alpha value is -3.00. The minimum Gasteiger partial charge on any atom is -0.352 e. The van der Waals surface area contributed by atoms with Crippen molar-refractivity contribution in [2.24, 2.45) is 0 Å². The Balaban J connectivity index is 1.68. The first-order chi connectivity index (χ1) is 16.2. The second kappa shape index (κ2) is 11.9. The second-order valence-electron chi connectivity index (χ2n) is 8.86. The minimum atomic E-state index is -1.73. The van der Waals surface area contributed by atoms with Gasteiger partial charge in [-0.3, -0.25) is 23.5 Å². The molecule has 0 radical (unpaired) electrons. The van der Waals surface area contributed by atoms with Gasteiger partial charge < -0.3 is 10.6 Å². The average molecular weight is 484 g/mol. The summed E-state index contributed by atoms with van der Waals surface area (Å²) in [6.45, 7) is 5.49. The normalized spacial score (nSPS) is 15.4. The maximum absolute atomic E-state index is 13.3. The topological polar surface area (TPSA) is 95.6 Å². The van der Waals surface area contributed by atoms with Crippen molar-refractivity contribution in [2.45, 2.75) is 58.5 Å². The lowest BCUT2D eigenvalue weighted by atomic mass is 10.1. The standard InChI is InChI=1S/C26H33N3O4S/c1-18-12-14-22(15-13-18)27-24(30)16-34(33)17-25(31)29(23-11-7-4-8-19(23)2)20(3)26(32)28-21-9-5-6-10-21/h4,7-8,11-15,20-21H,5-6,9-10,16-17H2,1-3H3,(H,27,30)(H,28,32)/t20-,34+/m0/s1. The van der Waals surface area contributed by atoms with Crippen LogP contribution in [0, 0.1) is 13.8 Å². The Morgan fingerprint density at radius 2 is 1.65 bits per heavy atom. The van der Waals surface area contributed by atoms with Gasteiger partial charge in [-0.05, 0) is 57.4 Å². The number of para-hydroxylation sites is 1. The van der Waals surface area contributed by atoms with E-state index in [-0.39, 0.29) is 23.5 Å². The Kier molecular flexibility index (Phi) is 8.98. The first-order valence-electron chi connectivity index (χ1n) is 11.6. The van der Waals surface area contributed by atoms with Crippen LogP contribution in [0.15, 0.2) is 48.5 Å². The van der Waals surface area contributed by atoms with Gasteiger partial charge in [0.15, 0.2) is 0 Å². The number of anilines is 2. The van der Waals surface area contributed by atoms with Gasteiger partial charge in [-0.1, -0.05) is 48.7 Å². The van der Waals surface area contributed by atoms with Crippen molar-refractivity contribution in [1.82, 2.24) is 5.32 Å². The maximum atomic E-state index is 13.3. The summed E-state index contributed by atoms with van der Waals surface area (Å²) < 4.78 is 12.7. The van der Waals surface area contributed by atoms with E-state index in [0.717, 1.165) is 36.8 Å². The van der Waals surface area contributed by atoms with Gasteiger partial charge in [-0.2, -0.15) is 0 Å². The second-order valence-corrected chi connectivity index (χ2v) is 10.3. The van der Waals surface area contributed by atoms with E-state index in [2.05, 4.69) is 10.6 Å². The molecule has 7 nitrogen and oxygen atoms in total. The number of carbonyl (C=O) groups is 3. The first kappa shape index (κ1) is 25.6. The molecule has 8 heteroatoms. The number of hydrogen-bond donors (Lipinski definition) is 2. The van der Waals surface area contributed by atoms with Gasteiger partial charge >= 0.3 is 0 Å². The summed E-state index contributed by atoms with van der Waals surface area (Å²) in [6.07, 6.45) is 4.06. The minimum absolute atomic E-state index is 0.128. The summed E-state index contributed by atoms with van der Waals surface area (Å²) in [4.78, 5) is 40.0. The van der Waals surface area contributed by atoms with Crippen molar-refractivity contribution in [3.63, 3.8) is 0 Å². The highest BCUT2D eigenvalue weighted by molar-refractivity contribution is 7.86. The number of nitrogens with one attached hydrogen (secondary N) is 2. The Morgan fingerprint density at radius 1 is 1.00 bits per heavy atom. The quantitative estimate of drug-likeness (QED) is 0.571. The van der Waals surface area contributed by atoms with Crippen LogP contribution < -0.4 is 15.5 Å². The lowest BCUT2D eigenvalue weighted by Gasteiger charge is -2.30. The smallest absolute Gasteiger partial charge is 0.243 e. The van der Waals surface area contributed by atoms with Crippen LogP contribution >= 0.6 is 0 Å². The fourth-order valence-corrected chi connectivity index (χ4v) is 5.02. The van der Waals surface area contributed by atoms with Crippen LogP contribution in [0.25, 0.3) is 0 Å². The molecule has 1 fully saturated rings. The molecule has 0 aromatic heterocycles. The molecule has 3 amide bonds. The van der Waals surface area contributed by atoms with Crippen molar-refractivity contribution >= 4 is 39.9 Å². The van der Waals surface area contributed by atoms with Gasteiger partial charge in [0.1, 0.15) is 17.5 Å². The maximum Gasteiger partial charge on any atom is 0.243 e. The van der Waals surface area contributed by atoms with Crippen LogP contribution in [-0.4, -0.2) is 45.5 Å². The lowest BCUT2D eigenvalue weighted by Crippen LogP contribution is -2.51. The molecule has 0 spiro atoms. The van der Waals surface area contributed by atoms with Gasteiger partial charge in [0.25, 0.3) is 0 Å². The van der Waals surface area contributed by atoms with Crippen LogP contribution in [0.5, 0.6) is 0 Å². The molecule has 1 aliphatic rings. The van der Waals surface area contributed by atoms with Crippen molar-refractivity contribution in [3.8, 4) is 0 Å². The van der Waals surface area contributed by atoms with Crippen molar-refractivity contribution in [3.05, 3.63) is 59.7 Å². The molecule has 1 aliphatic carbocycles. The summed E-state index contributed by atoms with van der Waals surface area (Å²) in [7, 11) is -1.73. The molecule has 2 aromatic rings. The zero-order chi connectivity index (χ0) is 24.7. The molecule has 2 atom stereocenters. The fourth-order valence-electron chi connectivity index (χ4n) is 4.14. The molecule has 0 heterocycles. The van der Waals surface area contributed by atoms with Crippen LogP contribution in [0.4, 0.5) is 11.4 Å². The summed E-state index contributed by atoms with van der Waals surface area (Å²) >= 11 is 0. The highest BCUT2D eigenvalue weighted by Crippen LogP contribution is 2.24. The van der Waals surface area contributed by atoms with Gasteiger partial charge in [0.2, 0.25) is 17.7 Å². The molecule has 0 aliphatic heterocycles. The third kappa shape index (κ3) is 7.00. The van der Waals surface area contributed by atoms with Gasteiger partial charge in [-0.25, -0.2) is 0 Å². The Morgan fingerprint density at radius 3 is 2.29 bits per heavy atom. The highest BCUT2D eigenvalue weighted by Gasteiger charge is 2.31. The molecule has 1 saturated carbocycles. The molecular formula is C26H33N3O4S. The lowest BCUT2D eigenvalue weighted by molar-refractivity contribution is -0.125. The molecule has 0 saturated heterocycles. The van der Waals surface area contributed by atoms with E-state index >= 15 is 0 Å². The van der Waals surface area contributed by atoms with E-state index in [4.69, 9.17) is 0 Å². The van der Waals surface area contributed by atoms with E-state index in [1.807, 2.05) is 38.1 Å². The van der Waals surface area contributed by atoms with Gasteiger partial charge in [0.05, 0.1) is 0 Å². The van der Waals surface area contributed by atoms with E-state index in [1.54, 1.807) is 31.2 Å². The predicted octanol–water partition coefficient (Wildman–Crippen LogP) is 3.47. The molecule has 34 heavy (non-hydrogen) atoms. The van der Waals surface area contributed by atoms with Gasteiger partial charge in [-0.15, -0.1) is 0 Å². The van der Waals surface area contributed by atoms with E-state index in [9.17, 15) is 18.6 Å². The molecular weight excluding hydrogens is 450 g/mol. The van der Waals surface area contributed by atoms with Crippen LogP contribution in [0.2, 0.25) is 0 Å². The number of aryl methyl sites for hydroxylation is 2. The van der Waals surface area contributed by atoms with Crippen LogP contribution in [0.1, 0.15) is 43.7 Å². The number of benzene rings is 2. The molecule has 3 rings (SSSR count). The number of amides is 3. The average Bonchev–Trinajstić information content (AvgIpc) is 3.29. The fraction of sp³-hybridized carbons (Fsp3) is 0.423.